The predicted molar refractivity (Wildman–Crippen MR) is 246 cm³/mol. The summed E-state index contributed by atoms with van der Waals surface area (Å²) < 4.78 is 17.2. The van der Waals surface area contributed by atoms with E-state index >= 15 is 0 Å². The fourth-order valence-corrected chi connectivity index (χ4v) is 7.90. The van der Waals surface area contributed by atoms with Gasteiger partial charge in [0.05, 0.1) is 24.4 Å². The fourth-order valence-electron chi connectivity index (χ4n) is 7.90. The van der Waals surface area contributed by atoms with Crippen LogP contribution < -0.4 is 5.32 Å². The number of carbonyl (C=O) groups excluding carboxylic acids is 1. The molecular weight excluding hydrogens is 691 g/mol. The van der Waals surface area contributed by atoms with Gasteiger partial charge in [0, 0.05) is 20.1 Å². The molecule has 0 aromatic rings. The van der Waals surface area contributed by atoms with Gasteiger partial charge in [0.1, 0.15) is 0 Å². The molecule has 1 N–H and O–H groups in total. The molecule has 0 saturated carbocycles. The Kier molecular flexibility index (Phi) is 40.4. The summed E-state index contributed by atoms with van der Waals surface area (Å²) >= 11 is 0. The number of carbonyl (C=O) groups is 1. The summed E-state index contributed by atoms with van der Waals surface area (Å²) in [5, 5.41) is 3.13. The van der Waals surface area contributed by atoms with E-state index < -0.39 is 0 Å². The molecule has 0 aromatic heterocycles. The molecule has 0 spiro atoms. The first-order chi connectivity index (χ1) is 27.2. The minimum atomic E-state index is -0.340. The molecule has 0 radical (unpaired) electrons. The summed E-state index contributed by atoms with van der Waals surface area (Å²) in [7, 11) is 1.74. The zero-order chi connectivity index (χ0) is 41.3. The van der Waals surface area contributed by atoms with Crippen molar-refractivity contribution in [3.8, 4) is 0 Å². The van der Waals surface area contributed by atoms with Gasteiger partial charge in [0.25, 0.3) is 0 Å². The molecule has 1 atom stereocenters. The molecule has 0 aliphatic carbocycles. The van der Waals surface area contributed by atoms with Crippen molar-refractivity contribution in [2.45, 2.75) is 290 Å². The Balaban J connectivity index is 4.25. The molecule has 5 nitrogen and oxygen atoms in total. The molecule has 0 saturated heterocycles. The molecule has 0 heterocycles. The van der Waals surface area contributed by atoms with Gasteiger partial charge < -0.3 is 19.5 Å². The van der Waals surface area contributed by atoms with Gasteiger partial charge in [0.15, 0.2) is 0 Å². The number of rotatable bonds is 45. The van der Waals surface area contributed by atoms with Crippen LogP contribution in [0, 0.1) is 5.92 Å². The van der Waals surface area contributed by atoms with Gasteiger partial charge in [-0.3, -0.25) is 0 Å². The quantitative estimate of drug-likeness (QED) is 0.0624. The van der Waals surface area contributed by atoms with E-state index in [1.807, 2.05) is 0 Å². The van der Waals surface area contributed by atoms with Crippen molar-refractivity contribution in [2.75, 3.05) is 26.9 Å². The molecule has 0 aromatic carbocycles. The lowest BCUT2D eigenvalue weighted by atomic mass is 9.94. The van der Waals surface area contributed by atoms with Crippen molar-refractivity contribution in [2.24, 2.45) is 5.92 Å². The third-order valence-corrected chi connectivity index (χ3v) is 12.4. The SMILES string of the molecule is CCCCCCCCCCCCCCCCCCCC(CCCCCCCCCCCCCCCCCC)CNC(=O)OCCC(C)(C)OCCC(C)(C)OC. The summed E-state index contributed by atoms with van der Waals surface area (Å²) in [6.45, 7) is 14.6. The summed E-state index contributed by atoms with van der Waals surface area (Å²) in [5.41, 5.74) is -0.534. The van der Waals surface area contributed by atoms with Crippen LogP contribution in [0.3, 0.4) is 0 Å². The average molecular weight is 794 g/mol. The van der Waals surface area contributed by atoms with E-state index in [2.05, 4.69) is 46.9 Å². The van der Waals surface area contributed by atoms with Crippen LogP contribution >= 0.6 is 0 Å². The van der Waals surface area contributed by atoms with Gasteiger partial charge >= 0.3 is 6.09 Å². The Morgan fingerprint density at radius 3 is 1.07 bits per heavy atom. The lowest BCUT2D eigenvalue weighted by molar-refractivity contribution is -0.0662. The minimum Gasteiger partial charge on any atom is -0.449 e. The van der Waals surface area contributed by atoms with Crippen LogP contribution in [-0.4, -0.2) is 44.2 Å². The van der Waals surface area contributed by atoms with Gasteiger partial charge in [0.2, 0.25) is 0 Å². The van der Waals surface area contributed by atoms with E-state index in [0.29, 0.717) is 25.6 Å². The number of hydrogen-bond acceptors (Lipinski definition) is 4. The van der Waals surface area contributed by atoms with Crippen molar-refractivity contribution >= 4 is 6.09 Å². The number of ether oxygens (including phenoxy) is 3. The van der Waals surface area contributed by atoms with Crippen LogP contribution in [0.1, 0.15) is 279 Å². The Labute approximate surface area is 352 Å². The normalized spacial score (nSPS) is 12.7. The standard InChI is InChI=1S/C51H103NO4/c1-8-10-12-14-16-18-20-22-24-26-28-30-32-34-36-38-40-42-48(41-39-37-35-33-31-29-27-25-23-21-19-17-15-13-11-9-2)47-52-49(53)55-45-43-51(5,6)56-46-44-50(3,4)54-7/h48H,8-47H2,1-7H3,(H,52,53). The lowest BCUT2D eigenvalue weighted by Crippen LogP contribution is -2.33. The second-order valence-electron chi connectivity index (χ2n) is 19.0. The maximum Gasteiger partial charge on any atom is 0.407 e. The summed E-state index contributed by atoms with van der Waals surface area (Å²) in [6, 6.07) is 0. The minimum absolute atomic E-state index is 0.193. The number of methoxy groups -OCH3 is 1. The molecule has 56 heavy (non-hydrogen) atoms. The van der Waals surface area contributed by atoms with Gasteiger partial charge in [-0.2, -0.15) is 0 Å². The molecular formula is C51H103NO4. The fraction of sp³-hybridized carbons (Fsp3) is 0.980. The van der Waals surface area contributed by atoms with Gasteiger partial charge in [-0.25, -0.2) is 4.79 Å². The Bertz CT molecular complexity index is 799. The molecule has 0 fully saturated rings. The third kappa shape index (κ3) is 41.4. The Hall–Kier alpha value is -0.810. The number of hydrogen-bond donors (Lipinski definition) is 1. The van der Waals surface area contributed by atoms with Crippen LogP contribution in [0.5, 0.6) is 0 Å². The highest BCUT2D eigenvalue weighted by Gasteiger charge is 2.22. The molecule has 5 heteroatoms. The molecule has 1 amide bonds. The van der Waals surface area contributed by atoms with E-state index in [1.54, 1.807) is 7.11 Å². The van der Waals surface area contributed by atoms with Crippen LogP contribution in [-0.2, 0) is 14.2 Å². The van der Waals surface area contributed by atoms with Crippen molar-refractivity contribution in [1.82, 2.24) is 5.32 Å². The largest absolute Gasteiger partial charge is 0.449 e. The van der Waals surface area contributed by atoms with E-state index in [1.165, 1.54) is 225 Å². The molecule has 0 bridgehead atoms. The molecule has 0 aliphatic heterocycles. The predicted octanol–water partition coefficient (Wildman–Crippen LogP) is 17.0. The highest BCUT2D eigenvalue weighted by atomic mass is 16.6. The Morgan fingerprint density at radius 2 is 0.750 bits per heavy atom. The van der Waals surface area contributed by atoms with Gasteiger partial charge in [-0.15, -0.1) is 0 Å². The zero-order valence-corrected chi connectivity index (χ0v) is 39.5. The number of alkyl carbamates (subject to hydrolysis) is 1. The van der Waals surface area contributed by atoms with Crippen molar-refractivity contribution in [3.63, 3.8) is 0 Å². The van der Waals surface area contributed by atoms with Crippen molar-refractivity contribution in [1.29, 1.82) is 0 Å². The highest BCUT2D eigenvalue weighted by molar-refractivity contribution is 5.67. The zero-order valence-electron chi connectivity index (χ0n) is 39.5. The monoisotopic (exact) mass is 794 g/mol. The Morgan fingerprint density at radius 1 is 0.446 bits per heavy atom. The van der Waals surface area contributed by atoms with Crippen LogP contribution in [0.15, 0.2) is 0 Å². The van der Waals surface area contributed by atoms with E-state index in [0.717, 1.165) is 13.0 Å². The maximum atomic E-state index is 12.7. The third-order valence-electron chi connectivity index (χ3n) is 12.4. The number of nitrogens with one attached hydrogen (secondary N) is 1. The molecule has 1 unspecified atom stereocenters. The van der Waals surface area contributed by atoms with Crippen LogP contribution in [0.4, 0.5) is 4.79 Å². The van der Waals surface area contributed by atoms with Crippen molar-refractivity contribution in [3.05, 3.63) is 0 Å². The summed E-state index contributed by atoms with van der Waals surface area (Å²) in [6.07, 6.45) is 50.1. The van der Waals surface area contributed by atoms with E-state index in [-0.39, 0.29) is 17.3 Å². The molecule has 336 valence electrons. The van der Waals surface area contributed by atoms with Crippen LogP contribution in [0.25, 0.3) is 0 Å². The second kappa shape index (κ2) is 40.9. The first-order valence-electron chi connectivity index (χ1n) is 25.3. The summed E-state index contributed by atoms with van der Waals surface area (Å²) in [4.78, 5) is 12.7. The van der Waals surface area contributed by atoms with Gasteiger partial charge in [-0.05, 0) is 52.9 Å². The smallest absolute Gasteiger partial charge is 0.407 e. The number of unbranched alkanes of at least 4 members (excludes halogenated alkanes) is 31. The van der Waals surface area contributed by atoms with E-state index in [4.69, 9.17) is 14.2 Å². The molecule has 0 rings (SSSR count). The number of amides is 1. The van der Waals surface area contributed by atoms with Crippen molar-refractivity contribution < 1.29 is 19.0 Å². The maximum absolute atomic E-state index is 12.7. The molecule has 0 aliphatic rings. The summed E-state index contributed by atoms with van der Waals surface area (Å²) in [5.74, 6) is 0.550. The first kappa shape index (κ1) is 55.2. The second-order valence-corrected chi connectivity index (χ2v) is 19.0. The van der Waals surface area contributed by atoms with Gasteiger partial charge in [-0.1, -0.05) is 226 Å². The average Bonchev–Trinajstić information content (AvgIpc) is 3.17. The topological polar surface area (TPSA) is 56.8 Å². The lowest BCUT2D eigenvalue weighted by Gasteiger charge is -2.28. The highest BCUT2D eigenvalue weighted by Crippen LogP contribution is 2.22. The van der Waals surface area contributed by atoms with E-state index in [9.17, 15) is 4.79 Å². The van der Waals surface area contributed by atoms with Crippen LogP contribution in [0.2, 0.25) is 0 Å². The first-order valence-corrected chi connectivity index (χ1v) is 25.3.